The third-order valence-electron chi connectivity index (χ3n) is 6.34. The molecule has 0 radical (unpaired) electrons. The second-order valence-electron chi connectivity index (χ2n) is 9.01. The van der Waals surface area contributed by atoms with Crippen LogP contribution in [0.5, 0.6) is 0 Å². The predicted octanol–water partition coefficient (Wildman–Crippen LogP) is 5.30. The van der Waals surface area contributed by atoms with Gasteiger partial charge in [0.2, 0.25) is 0 Å². The number of nitrogens with one attached hydrogen (secondary N) is 1. The van der Waals surface area contributed by atoms with E-state index in [9.17, 15) is 9.18 Å². The molecule has 1 amide bonds. The van der Waals surface area contributed by atoms with Crippen LogP contribution >= 0.6 is 0 Å². The van der Waals surface area contributed by atoms with E-state index in [2.05, 4.69) is 21.2 Å². The lowest BCUT2D eigenvalue weighted by atomic mass is 10.1. The van der Waals surface area contributed by atoms with Gasteiger partial charge in [0.1, 0.15) is 5.82 Å². The average molecular weight is 449 g/mol. The van der Waals surface area contributed by atoms with Gasteiger partial charge >= 0.3 is 0 Å². The summed E-state index contributed by atoms with van der Waals surface area (Å²) in [6, 6.07) is 16.5. The number of H-pyrrole nitrogens is 1. The molecule has 0 aliphatic carbocycles. The molecule has 1 N–H and O–H groups in total. The first-order valence-corrected chi connectivity index (χ1v) is 12.0. The van der Waals surface area contributed by atoms with Crippen molar-refractivity contribution in [3.8, 4) is 11.3 Å². The first-order valence-electron chi connectivity index (χ1n) is 12.0. The van der Waals surface area contributed by atoms with Gasteiger partial charge in [-0.1, -0.05) is 18.6 Å². The molecular formula is C27H33FN4O. The highest BCUT2D eigenvalue weighted by Crippen LogP contribution is 2.19. The van der Waals surface area contributed by atoms with Gasteiger partial charge in [-0.15, -0.1) is 0 Å². The summed E-state index contributed by atoms with van der Waals surface area (Å²) in [5.74, 6) is -0.150. The summed E-state index contributed by atoms with van der Waals surface area (Å²) in [6.07, 6.45) is 6.49. The van der Waals surface area contributed by atoms with Gasteiger partial charge in [-0.2, -0.15) is 5.10 Å². The molecule has 4 rings (SSSR count). The quantitative estimate of drug-likeness (QED) is 0.429. The number of aromatic amines is 1. The van der Waals surface area contributed by atoms with Crippen LogP contribution in [-0.2, 0) is 13.0 Å². The van der Waals surface area contributed by atoms with Crippen LogP contribution in [0.2, 0.25) is 0 Å². The zero-order valence-corrected chi connectivity index (χ0v) is 19.4. The Labute approximate surface area is 195 Å². The van der Waals surface area contributed by atoms with Crippen LogP contribution in [0.3, 0.4) is 0 Å². The van der Waals surface area contributed by atoms with E-state index in [1.807, 2.05) is 36.2 Å². The zero-order valence-electron chi connectivity index (χ0n) is 19.4. The van der Waals surface area contributed by atoms with Gasteiger partial charge in [-0.25, -0.2) is 4.39 Å². The first kappa shape index (κ1) is 23.2. The second kappa shape index (κ2) is 11.2. The highest BCUT2D eigenvalue weighted by atomic mass is 19.1. The minimum Gasteiger partial charge on any atom is -0.342 e. The predicted molar refractivity (Wildman–Crippen MR) is 129 cm³/mol. The molecule has 33 heavy (non-hydrogen) atoms. The largest absolute Gasteiger partial charge is 0.342 e. The number of hydrogen-bond donors (Lipinski definition) is 1. The number of benzene rings is 2. The number of unbranched alkanes of at least 4 members (excludes halogenated alkanes) is 2. The molecule has 1 aliphatic rings. The normalized spacial score (nSPS) is 14.0. The third-order valence-corrected chi connectivity index (χ3v) is 6.34. The molecule has 0 atom stereocenters. The summed E-state index contributed by atoms with van der Waals surface area (Å²) in [4.78, 5) is 17.1. The molecule has 6 heteroatoms. The maximum absolute atomic E-state index is 13.1. The third kappa shape index (κ3) is 6.51. The van der Waals surface area contributed by atoms with E-state index in [1.165, 1.54) is 30.5 Å². The van der Waals surface area contributed by atoms with Gasteiger partial charge in [0, 0.05) is 37.0 Å². The van der Waals surface area contributed by atoms with E-state index in [0.29, 0.717) is 0 Å². The minimum absolute atomic E-state index is 0.0933. The molecule has 0 bridgehead atoms. The lowest BCUT2D eigenvalue weighted by Gasteiger charge is -2.19. The molecule has 0 unspecified atom stereocenters. The summed E-state index contributed by atoms with van der Waals surface area (Å²) >= 11 is 0. The highest BCUT2D eigenvalue weighted by molar-refractivity contribution is 5.94. The van der Waals surface area contributed by atoms with Crippen LogP contribution in [0.15, 0.2) is 54.6 Å². The van der Waals surface area contributed by atoms with Crippen LogP contribution in [0.4, 0.5) is 4.39 Å². The van der Waals surface area contributed by atoms with Crippen molar-refractivity contribution in [2.45, 2.75) is 45.1 Å². The number of halogens is 1. The fraction of sp³-hybridized carbons (Fsp3) is 0.407. The Balaban J connectivity index is 1.18. The van der Waals surface area contributed by atoms with Crippen molar-refractivity contribution in [2.24, 2.45) is 0 Å². The van der Waals surface area contributed by atoms with Crippen LogP contribution < -0.4 is 0 Å². The first-order chi connectivity index (χ1) is 16.1. The maximum Gasteiger partial charge on any atom is 0.253 e. The molecule has 1 aliphatic heterocycles. The second-order valence-corrected chi connectivity index (χ2v) is 9.01. The number of rotatable bonds is 10. The Morgan fingerprint density at radius 2 is 1.85 bits per heavy atom. The number of carbonyl (C=O) groups is 1. The van der Waals surface area contributed by atoms with Gasteiger partial charge in [-0.05, 0) is 93.2 Å². The molecule has 1 saturated heterocycles. The van der Waals surface area contributed by atoms with Gasteiger partial charge in [0.05, 0.1) is 5.69 Å². The molecular weight excluding hydrogens is 415 g/mol. The van der Waals surface area contributed by atoms with E-state index in [4.69, 9.17) is 0 Å². The van der Waals surface area contributed by atoms with E-state index < -0.39 is 0 Å². The monoisotopic (exact) mass is 448 g/mol. The number of likely N-dealkylation sites (tertiary alicyclic amines) is 1. The van der Waals surface area contributed by atoms with E-state index >= 15 is 0 Å². The Bertz CT molecular complexity index is 1040. The molecule has 3 aromatic rings. The van der Waals surface area contributed by atoms with Gasteiger partial charge in [-0.3, -0.25) is 14.8 Å². The number of amides is 1. The number of hydrogen-bond acceptors (Lipinski definition) is 3. The van der Waals surface area contributed by atoms with E-state index in [0.717, 1.165) is 74.4 Å². The molecule has 2 heterocycles. The lowest BCUT2D eigenvalue weighted by molar-refractivity contribution is 0.0792. The van der Waals surface area contributed by atoms with Gasteiger partial charge < -0.3 is 4.90 Å². The van der Waals surface area contributed by atoms with E-state index in [-0.39, 0.29) is 11.7 Å². The van der Waals surface area contributed by atoms with Crippen LogP contribution in [0.1, 0.15) is 53.7 Å². The Morgan fingerprint density at radius 3 is 2.64 bits per heavy atom. The average Bonchev–Trinajstić information content (AvgIpc) is 3.51. The summed E-state index contributed by atoms with van der Waals surface area (Å²) in [5, 5.41) is 7.41. The van der Waals surface area contributed by atoms with Crippen molar-refractivity contribution >= 4 is 5.91 Å². The molecule has 174 valence electrons. The Kier molecular flexibility index (Phi) is 7.89. The van der Waals surface area contributed by atoms with Crippen molar-refractivity contribution in [3.63, 3.8) is 0 Å². The summed E-state index contributed by atoms with van der Waals surface area (Å²) < 4.78 is 13.1. The van der Waals surface area contributed by atoms with E-state index in [1.54, 1.807) is 12.1 Å². The molecule has 1 aromatic heterocycles. The zero-order chi connectivity index (χ0) is 23.0. The smallest absolute Gasteiger partial charge is 0.253 e. The molecule has 1 fully saturated rings. The maximum atomic E-state index is 13.1. The number of nitrogens with zero attached hydrogens (tertiary/aromatic N) is 3. The SMILES string of the molecule is CN(CCCCCc1cc(-c2ccc(F)cc2)n[nH]1)C(=O)c1cccc(CN2CCCC2)c1. The summed E-state index contributed by atoms with van der Waals surface area (Å²) in [5.41, 5.74) is 4.81. The van der Waals surface area contributed by atoms with Crippen LogP contribution in [0.25, 0.3) is 11.3 Å². The van der Waals surface area contributed by atoms with Crippen LogP contribution in [-0.4, -0.2) is 52.6 Å². The minimum atomic E-state index is -0.243. The fourth-order valence-electron chi connectivity index (χ4n) is 4.42. The number of aryl methyl sites for hydroxylation is 1. The summed E-state index contributed by atoms with van der Waals surface area (Å²) in [7, 11) is 1.89. The Morgan fingerprint density at radius 1 is 1.06 bits per heavy atom. The highest BCUT2D eigenvalue weighted by Gasteiger charge is 2.15. The van der Waals surface area contributed by atoms with Crippen molar-refractivity contribution in [1.82, 2.24) is 20.0 Å². The molecule has 0 saturated carbocycles. The van der Waals surface area contributed by atoms with Crippen molar-refractivity contribution in [2.75, 3.05) is 26.7 Å². The van der Waals surface area contributed by atoms with Crippen molar-refractivity contribution in [1.29, 1.82) is 0 Å². The van der Waals surface area contributed by atoms with Crippen LogP contribution in [0, 0.1) is 5.82 Å². The molecule has 5 nitrogen and oxygen atoms in total. The lowest BCUT2D eigenvalue weighted by Crippen LogP contribution is -2.28. The molecule has 2 aromatic carbocycles. The van der Waals surface area contributed by atoms with Gasteiger partial charge in [0.25, 0.3) is 5.91 Å². The number of carbonyl (C=O) groups excluding carboxylic acids is 1. The number of aromatic nitrogens is 2. The summed E-state index contributed by atoms with van der Waals surface area (Å²) in [6.45, 7) is 3.99. The van der Waals surface area contributed by atoms with Crippen molar-refractivity contribution in [3.05, 3.63) is 77.2 Å². The Hall–Kier alpha value is -2.99. The van der Waals surface area contributed by atoms with Gasteiger partial charge in [0.15, 0.2) is 0 Å². The topological polar surface area (TPSA) is 52.2 Å². The standard InChI is InChI=1S/C27H33FN4O/c1-31(27(33)23-9-7-8-21(18-23)20-32-16-5-6-17-32)15-4-2-3-10-25-19-26(30-29-25)22-11-13-24(28)14-12-22/h7-9,11-14,18-19H,2-6,10,15-17,20H2,1H3,(H,29,30). The van der Waals surface area contributed by atoms with Crippen molar-refractivity contribution < 1.29 is 9.18 Å². The molecule has 0 spiro atoms. The fourth-order valence-corrected chi connectivity index (χ4v) is 4.42.